The molecule has 0 atom stereocenters. The zero-order valence-electron chi connectivity index (χ0n) is 22.1. The quantitative estimate of drug-likeness (QED) is 0.214. The first-order valence-corrected chi connectivity index (χ1v) is 14.5. The highest BCUT2D eigenvalue weighted by atomic mass is 35.5. The van der Waals surface area contributed by atoms with Gasteiger partial charge in [-0.2, -0.15) is 4.98 Å². The molecular weight excluding hydrogens is 589 g/mol. The summed E-state index contributed by atoms with van der Waals surface area (Å²) in [6, 6.07) is 11.5. The smallest absolute Gasteiger partial charge is 0.288 e. The van der Waals surface area contributed by atoms with Gasteiger partial charge in [0.25, 0.3) is 5.91 Å². The molecule has 42 heavy (non-hydrogen) atoms. The Morgan fingerprint density at radius 3 is 2.55 bits per heavy atom. The lowest BCUT2D eigenvalue weighted by molar-refractivity contribution is 0.0957. The number of pyridine rings is 1. The third-order valence-corrected chi connectivity index (χ3v) is 8.60. The molecule has 15 heteroatoms. The highest BCUT2D eigenvalue weighted by Crippen LogP contribution is 2.35. The number of rotatable bonds is 8. The number of anilines is 4. The van der Waals surface area contributed by atoms with E-state index in [0.29, 0.717) is 43.2 Å². The second-order valence-electron chi connectivity index (χ2n) is 9.21. The minimum Gasteiger partial charge on any atom is -0.508 e. The van der Waals surface area contributed by atoms with Crippen molar-refractivity contribution in [3.63, 3.8) is 0 Å². The molecule has 3 heterocycles. The van der Waals surface area contributed by atoms with Gasteiger partial charge in [0.15, 0.2) is 11.6 Å². The Kier molecular flexibility index (Phi) is 8.38. The van der Waals surface area contributed by atoms with E-state index in [0.717, 1.165) is 12.3 Å². The van der Waals surface area contributed by atoms with Gasteiger partial charge in [-0.1, -0.05) is 17.7 Å². The van der Waals surface area contributed by atoms with Gasteiger partial charge in [-0.05, 0) is 55.0 Å². The Morgan fingerprint density at radius 2 is 1.86 bits per heavy atom. The number of aryl methyl sites for hydroxylation is 1. The number of nitrogens with one attached hydrogen (secondary N) is 3. The summed E-state index contributed by atoms with van der Waals surface area (Å²) in [5.41, 5.74) is 6.48. The maximum absolute atomic E-state index is 14.2. The Labute approximate surface area is 245 Å². The number of carbonyl (C=O) groups is 1. The van der Waals surface area contributed by atoms with E-state index in [-0.39, 0.29) is 38.0 Å². The van der Waals surface area contributed by atoms with Crippen LogP contribution in [0.2, 0.25) is 5.02 Å². The molecule has 2 aromatic heterocycles. The predicted molar refractivity (Wildman–Crippen MR) is 153 cm³/mol. The van der Waals surface area contributed by atoms with E-state index < -0.39 is 21.6 Å². The molecule has 0 saturated carbocycles. The minimum atomic E-state index is -3.98. The van der Waals surface area contributed by atoms with Gasteiger partial charge in [-0.25, -0.2) is 22.8 Å². The molecule has 12 nitrogen and oxygen atoms in total. The van der Waals surface area contributed by atoms with Gasteiger partial charge in [0.05, 0.1) is 46.1 Å². The summed E-state index contributed by atoms with van der Waals surface area (Å²) in [6.07, 6.45) is 2.44. The van der Waals surface area contributed by atoms with E-state index in [1.807, 2.05) is 0 Å². The van der Waals surface area contributed by atoms with Crippen LogP contribution in [0.4, 0.5) is 27.5 Å². The Balaban J connectivity index is 1.24. The summed E-state index contributed by atoms with van der Waals surface area (Å²) in [7, 11) is -3.98. The number of halogens is 2. The first-order chi connectivity index (χ1) is 20.1. The van der Waals surface area contributed by atoms with Crippen molar-refractivity contribution in [1.29, 1.82) is 0 Å². The van der Waals surface area contributed by atoms with E-state index in [1.54, 1.807) is 24.0 Å². The van der Waals surface area contributed by atoms with Crippen LogP contribution < -0.4 is 21.1 Å². The second kappa shape index (κ2) is 12.1. The molecule has 1 aliphatic rings. The van der Waals surface area contributed by atoms with Crippen molar-refractivity contribution in [2.45, 2.75) is 16.7 Å². The summed E-state index contributed by atoms with van der Waals surface area (Å²) in [6.45, 7) is 3.50. The predicted octanol–water partition coefficient (Wildman–Crippen LogP) is 3.85. The van der Waals surface area contributed by atoms with Gasteiger partial charge in [0.2, 0.25) is 15.8 Å². The Hall–Kier alpha value is -4.53. The number of hydrazine groups is 1. The van der Waals surface area contributed by atoms with Crippen LogP contribution in [0, 0.1) is 12.7 Å². The van der Waals surface area contributed by atoms with Crippen molar-refractivity contribution >= 4 is 50.5 Å². The third-order valence-electron chi connectivity index (χ3n) is 6.23. The van der Waals surface area contributed by atoms with Crippen molar-refractivity contribution in [1.82, 2.24) is 20.4 Å². The molecule has 1 saturated heterocycles. The maximum atomic E-state index is 14.2. The molecule has 4 N–H and O–H groups in total. The average molecular weight is 614 g/mol. The van der Waals surface area contributed by atoms with Gasteiger partial charge in [-0.3, -0.25) is 15.6 Å². The molecule has 0 radical (unpaired) electrons. The molecule has 1 fully saturated rings. The number of hydrogen-bond donors (Lipinski definition) is 4. The number of hydrogen-bond acceptors (Lipinski definition) is 11. The van der Waals surface area contributed by atoms with Gasteiger partial charge in [0.1, 0.15) is 11.4 Å². The first-order valence-electron chi connectivity index (χ1n) is 12.6. The molecule has 1 amide bonds. The number of benzene rings is 2. The highest BCUT2D eigenvalue weighted by Gasteiger charge is 2.24. The summed E-state index contributed by atoms with van der Waals surface area (Å²) >= 11 is 6.39. The van der Waals surface area contributed by atoms with Crippen molar-refractivity contribution in [3.8, 4) is 5.75 Å². The normalized spacial score (nSPS) is 13.5. The largest absolute Gasteiger partial charge is 0.508 e. The summed E-state index contributed by atoms with van der Waals surface area (Å²) in [5, 5.41) is 12.8. The number of phenolic OH excluding ortho intramolecular Hbond substituents is 1. The molecule has 218 valence electrons. The van der Waals surface area contributed by atoms with Crippen LogP contribution in [0.5, 0.6) is 5.75 Å². The number of phenols is 1. The van der Waals surface area contributed by atoms with Crippen molar-refractivity contribution in [3.05, 3.63) is 83.0 Å². The van der Waals surface area contributed by atoms with Crippen LogP contribution in [0.15, 0.2) is 70.7 Å². The number of aromatic nitrogens is 3. The lowest BCUT2D eigenvalue weighted by atomic mass is 10.2. The summed E-state index contributed by atoms with van der Waals surface area (Å²) < 4.78 is 45.8. The number of nitrogens with zero attached hydrogens (tertiary/aromatic N) is 4. The monoisotopic (exact) mass is 613 g/mol. The third kappa shape index (κ3) is 6.35. The van der Waals surface area contributed by atoms with Crippen LogP contribution in [0.25, 0.3) is 0 Å². The topological polar surface area (TPSA) is 159 Å². The SMILES string of the molecule is Cc1cc(Nc2ccc(C(=O)NNc3ncc(F)c(N4CCOCC4)n3)nc2)cc(Cl)c1S(=O)(=O)c1cccc(O)c1. The molecule has 0 bridgehead atoms. The number of carbonyl (C=O) groups excluding carboxylic acids is 1. The van der Waals surface area contributed by atoms with Crippen LogP contribution in [0.3, 0.4) is 0 Å². The fraction of sp³-hybridized carbons (Fsp3) is 0.185. The zero-order chi connectivity index (χ0) is 29.9. The zero-order valence-corrected chi connectivity index (χ0v) is 23.7. The number of morpholine rings is 1. The van der Waals surface area contributed by atoms with Crippen molar-refractivity contribution < 1.29 is 27.4 Å². The number of aromatic hydroxyl groups is 1. The molecule has 0 aliphatic carbocycles. The van der Waals surface area contributed by atoms with E-state index >= 15 is 0 Å². The van der Waals surface area contributed by atoms with Gasteiger partial charge >= 0.3 is 0 Å². The summed E-state index contributed by atoms with van der Waals surface area (Å²) in [5.74, 6) is -1.22. The lowest BCUT2D eigenvalue weighted by Gasteiger charge is -2.28. The highest BCUT2D eigenvalue weighted by molar-refractivity contribution is 7.91. The van der Waals surface area contributed by atoms with Gasteiger partial charge in [-0.15, -0.1) is 0 Å². The number of amides is 1. The van der Waals surface area contributed by atoms with Gasteiger partial charge < -0.3 is 20.1 Å². The molecule has 5 rings (SSSR count). The maximum Gasteiger partial charge on any atom is 0.288 e. The molecule has 0 unspecified atom stereocenters. The van der Waals surface area contributed by atoms with Crippen molar-refractivity contribution in [2.75, 3.05) is 41.9 Å². The van der Waals surface area contributed by atoms with Crippen LogP contribution in [0.1, 0.15) is 16.1 Å². The molecule has 2 aromatic carbocycles. The van der Waals surface area contributed by atoms with Crippen LogP contribution in [-0.4, -0.2) is 60.7 Å². The van der Waals surface area contributed by atoms with Crippen molar-refractivity contribution in [2.24, 2.45) is 0 Å². The average Bonchev–Trinajstić information content (AvgIpc) is 2.97. The van der Waals surface area contributed by atoms with Gasteiger partial charge in [0, 0.05) is 18.8 Å². The lowest BCUT2D eigenvalue weighted by Crippen LogP contribution is -2.38. The fourth-order valence-corrected chi connectivity index (χ4v) is 6.41. The number of ether oxygens (including phenoxy) is 1. The second-order valence-corrected chi connectivity index (χ2v) is 11.5. The molecule has 0 spiro atoms. The molecule has 4 aromatic rings. The first kappa shape index (κ1) is 29.0. The Morgan fingerprint density at radius 1 is 1.07 bits per heavy atom. The Bertz CT molecular complexity index is 1710. The number of sulfone groups is 1. The summed E-state index contributed by atoms with van der Waals surface area (Å²) in [4.78, 5) is 26.3. The molecular formula is C27H25ClFN7O5S. The van der Waals surface area contributed by atoms with Crippen LogP contribution in [-0.2, 0) is 14.6 Å². The van der Waals surface area contributed by atoms with E-state index in [9.17, 15) is 22.7 Å². The van der Waals surface area contributed by atoms with E-state index in [2.05, 4.69) is 31.1 Å². The van der Waals surface area contributed by atoms with E-state index in [4.69, 9.17) is 16.3 Å². The standard InChI is InChI=1S/C27H25ClFN7O5S/c1-16-11-18(12-21(28)24(16)42(39,40)20-4-2-3-19(37)13-20)32-17-5-6-23(30-14-17)26(38)34-35-27-31-15-22(29)25(33-27)36-7-9-41-10-8-36/h2-6,11-15,32,37H,7-10H2,1H3,(H,34,38)(H,31,33,35). The van der Waals surface area contributed by atoms with Crippen LogP contribution >= 0.6 is 11.6 Å². The fourth-order valence-electron chi connectivity index (χ4n) is 4.27. The van der Waals surface area contributed by atoms with E-state index in [1.165, 1.54) is 36.5 Å². The molecule has 1 aliphatic heterocycles. The minimum absolute atomic E-state index is 0.00401.